The van der Waals surface area contributed by atoms with E-state index in [2.05, 4.69) is 10.6 Å². The SMILES string of the molecule is CCNC(=O)C(C)(C)CNC(=O)[C@@H](N)C(C)C.Cl. The van der Waals surface area contributed by atoms with Gasteiger partial charge in [0.05, 0.1) is 11.5 Å². The van der Waals surface area contributed by atoms with Gasteiger partial charge in [0.2, 0.25) is 11.8 Å². The second-order valence-electron chi connectivity index (χ2n) is 5.23. The molecule has 1 atom stereocenters. The van der Waals surface area contributed by atoms with Gasteiger partial charge in [0, 0.05) is 13.1 Å². The number of carbonyl (C=O) groups excluding carboxylic acids is 2. The molecule has 0 unspecified atom stereocenters. The predicted molar refractivity (Wildman–Crippen MR) is 75.5 cm³/mol. The fourth-order valence-corrected chi connectivity index (χ4v) is 1.21. The van der Waals surface area contributed by atoms with Crippen molar-refractivity contribution in [3.8, 4) is 0 Å². The van der Waals surface area contributed by atoms with Crippen LogP contribution in [0.5, 0.6) is 0 Å². The van der Waals surface area contributed by atoms with Crippen LogP contribution in [0.15, 0.2) is 0 Å². The predicted octanol–water partition coefficient (Wildman–Crippen LogP) is 0.670. The Bertz CT molecular complexity index is 280. The molecule has 5 nitrogen and oxygen atoms in total. The van der Waals surface area contributed by atoms with E-state index < -0.39 is 11.5 Å². The lowest BCUT2D eigenvalue weighted by molar-refractivity contribution is -0.130. The number of hydrogen-bond acceptors (Lipinski definition) is 3. The zero-order valence-electron chi connectivity index (χ0n) is 11.9. The number of carbonyl (C=O) groups is 2. The molecule has 0 spiro atoms. The lowest BCUT2D eigenvalue weighted by atomic mass is 9.92. The van der Waals surface area contributed by atoms with Crippen molar-refractivity contribution < 1.29 is 9.59 Å². The zero-order valence-corrected chi connectivity index (χ0v) is 12.7. The first kappa shape index (κ1) is 19.5. The molecule has 0 aliphatic heterocycles. The van der Waals surface area contributed by atoms with Crippen molar-refractivity contribution in [3.63, 3.8) is 0 Å². The summed E-state index contributed by atoms with van der Waals surface area (Å²) in [5, 5.41) is 5.46. The number of nitrogens with two attached hydrogens (primary N) is 1. The Labute approximate surface area is 116 Å². The molecule has 0 heterocycles. The average molecular weight is 280 g/mol. The Hall–Kier alpha value is -0.810. The van der Waals surface area contributed by atoms with Crippen molar-refractivity contribution >= 4 is 24.2 Å². The number of halogens is 1. The van der Waals surface area contributed by atoms with Gasteiger partial charge in [-0.05, 0) is 26.7 Å². The highest BCUT2D eigenvalue weighted by Gasteiger charge is 2.28. The zero-order chi connectivity index (χ0) is 13.6. The summed E-state index contributed by atoms with van der Waals surface area (Å²) in [4.78, 5) is 23.3. The third-order valence-corrected chi connectivity index (χ3v) is 2.68. The third-order valence-electron chi connectivity index (χ3n) is 2.68. The summed E-state index contributed by atoms with van der Waals surface area (Å²) in [5.74, 6) is -0.196. The maximum atomic E-state index is 11.7. The van der Waals surface area contributed by atoms with Gasteiger partial charge in [0.1, 0.15) is 0 Å². The van der Waals surface area contributed by atoms with E-state index in [1.165, 1.54) is 0 Å². The molecule has 4 N–H and O–H groups in total. The summed E-state index contributed by atoms with van der Waals surface area (Å²) >= 11 is 0. The van der Waals surface area contributed by atoms with E-state index in [1.54, 1.807) is 13.8 Å². The van der Waals surface area contributed by atoms with E-state index >= 15 is 0 Å². The molecular formula is C12H26ClN3O2. The minimum Gasteiger partial charge on any atom is -0.356 e. The summed E-state index contributed by atoms with van der Waals surface area (Å²) in [6.45, 7) is 10.1. The summed E-state index contributed by atoms with van der Waals surface area (Å²) in [7, 11) is 0. The van der Waals surface area contributed by atoms with Crippen molar-refractivity contribution in [3.05, 3.63) is 0 Å². The van der Waals surface area contributed by atoms with Gasteiger partial charge in [-0.1, -0.05) is 13.8 Å². The molecule has 0 fully saturated rings. The maximum Gasteiger partial charge on any atom is 0.237 e. The van der Waals surface area contributed by atoms with Gasteiger partial charge < -0.3 is 16.4 Å². The molecule has 18 heavy (non-hydrogen) atoms. The van der Waals surface area contributed by atoms with Crippen LogP contribution in [0.1, 0.15) is 34.6 Å². The van der Waals surface area contributed by atoms with Gasteiger partial charge in [0.15, 0.2) is 0 Å². The van der Waals surface area contributed by atoms with E-state index in [-0.39, 0.29) is 36.7 Å². The number of rotatable bonds is 6. The Morgan fingerprint density at radius 1 is 1.22 bits per heavy atom. The maximum absolute atomic E-state index is 11.7. The van der Waals surface area contributed by atoms with Gasteiger partial charge in [-0.2, -0.15) is 0 Å². The molecule has 0 saturated heterocycles. The van der Waals surface area contributed by atoms with Crippen LogP contribution in [0.25, 0.3) is 0 Å². The number of nitrogens with one attached hydrogen (secondary N) is 2. The van der Waals surface area contributed by atoms with E-state index in [0.717, 1.165) is 0 Å². The smallest absolute Gasteiger partial charge is 0.237 e. The number of hydrogen-bond donors (Lipinski definition) is 3. The van der Waals surface area contributed by atoms with Gasteiger partial charge >= 0.3 is 0 Å². The van der Waals surface area contributed by atoms with Crippen molar-refractivity contribution in [1.82, 2.24) is 10.6 Å². The first-order chi connectivity index (χ1) is 7.72. The van der Waals surface area contributed by atoms with Crippen LogP contribution in [-0.4, -0.2) is 30.9 Å². The van der Waals surface area contributed by atoms with Crippen LogP contribution in [0.2, 0.25) is 0 Å². The first-order valence-electron chi connectivity index (χ1n) is 6.04. The minimum absolute atomic E-state index is 0. The molecule has 2 amide bonds. The van der Waals surface area contributed by atoms with E-state index in [9.17, 15) is 9.59 Å². The summed E-state index contributed by atoms with van der Waals surface area (Å²) < 4.78 is 0. The highest BCUT2D eigenvalue weighted by Crippen LogP contribution is 2.13. The van der Waals surface area contributed by atoms with Crippen molar-refractivity contribution in [2.45, 2.75) is 40.7 Å². The van der Waals surface area contributed by atoms with E-state index in [0.29, 0.717) is 6.54 Å². The summed E-state index contributed by atoms with van der Waals surface area (Å²) in [6.07, 6.45) is 0. The van der Waals surface area contributed by atoms with Gasteiger partial charge in [-0.15, -0.1) is 12.4 Å². The largest absolute Gasteiger partial charge is 0.356 e. The van der Waals surface area contributed by atoms with E-state index in [1.807, 2.05) is 20.8 Å². The highest BCUT2D eigenvalue weighted by molar-refractivity contribution is 5.85. The Balaban J connectivity index is 0. The molecule has 0 aromatic carbocycles. The molecule has 0 aliphatic carbocycles. The lowest BCUT2D eigenvalue weighted by Crippen LogP contribution is -2.50. The summed E-state index contributed by atoms with van der Waals surface area (Å²) in [5.41, 5.74) is 5.09. The molecule has 0 saturated carbocycles. The topological polar surface area (TPSA) is 84.2 Å². The van der Waals surface area contributed by atoms with Crippen LogP contribution in [-0.2, 0) is 9.59 Å². The lowest BCUT2D eigenvalue weighted by Gasteiger charge is -2.25. The highest BCUT2D eigenvalue weighted by atomic mass is 35.5. The van der Waals surface area contributed by atoms with Crippen LogP contribution in [0.3, 0.4) is 0 Å². The van der Waals surface area contributed by atoms with Crippen LogP contribution >= 0.6 is 12.4 Å². The molecule has 0 bridgehead atoms. The Kier molecular flexibility index (Phi) is 9.03. The fourth-order valence-electron chi connectivity index (χ4n) is 1.21. The standard InChI is InChI=1S/C12H25N3O2.ClH/c1-6-14-11(17)12(4,5)7-15-10(16)9(13)8(2)3;/h8-9H,6-7,13H2,1-5H3,(H,14,17)(H,15,16);1H/t9-;/m0./s1. The molecule has 0 radical (unpaired) electrons. The average Bonchev–Trinajstić information content (AvgIpc) is 2.25. The second-order valence-corrected chi connectivity index (χ2v) is 5.23. The Morgan fingerprint density at radius 2 is 1.72 bits per heavy atom. The van der Waals surface area contributed by atoms with Crippen molar-refractivity contribution in [2.24, 2.45) is 17.1 Å². The summed E-state index contributed by atoms with van der Waals surface area (Å²) in [6, 6.07) is -0.528. The molecule has 0 rings (SSSR count). The van der Waals surface area contributed by atoms with Crippen molar-refractivity contribution in [1.29, 1.82) is 0 Å². The Morgan fingerprint density at radius 3 is 2.11 bits per heavy atom. The first-order valence-corrected chi connectivity index (χ1v) is 6.04. The molecular weight excluding hydrogens is 254 g/mol. The molecule has 108 valence electrons. The van der Waals surface area contributed by atoms with E-state index in [4.69, 9.17) is 5.73 Å². The quantitative estimate of drug-likeness (QED) is 0.668. The normalized spacial score (nSPS) is 12.6. The molecule has 0 aromatic heterocycles. The van der Waals surface area contributed by atoms with Gasteiger partial charge in [0.25, 0.3) is 0 Å². The third kappa shape index (κ3) is 6.21. The fraction of sp³-hybridized carbons (Fsp3) is 0.833. The van der Waals surface area contributed by atoms with Crippen LogP contribution < -0.4 is 16.4 Å². The van der Waals surface area contributed by atoms with Crippen molar-refractivity contribution in [2.75, 3.05) is 13.1 Å². The molecule has 0 aromatic rings. The number of amides is 2. The van der Waals surface area contributed by atoms with Crippen LogP contribution in [0, 0.1) is 11.3 Å². The monoisotopic (exact) mass is 279 g/mol. The molecule has 6 heteroatoms. The van der Waals surface area contributed by atoms with Gasteiger partial charge in [-0.3, -0.25) is 9.59 Å². The second kappa shape index (κ2) is 8.32. The molecule has 0 aliphatic rings. The van der Waals surface area contributed by atoms with Crippen LogP contribution in [0.4, 0.5) is 0 Å². The minimum atomic E-state index is -0.623. The van der Waals surface area contributed by atoms with Gasteiger partial charge in [-0.25, -0.2) is 0 Å².